The van der Waals surface area contributed by atoms with Gasteiger partial charge in [-0.2, -0.15) is 11.1 Å². The molecule has 0 amide bonds. The number of allylic oxidation sites excluding steroid dienone is 4. The van der Waals surface area contributed by atoms with E-state index in [9.17, 15) is 29.7 Å². The van der Waals surface area contributed by atoms with Crippen LogP contribution in [0.2, 0.25) is 0 Å². The Balaban J connectivity index is 0.000000154. The minimum Gasteiger partial charge on any atom is -0.480 e. The van der Waals surface area contributed by atoms with Crippen LogP contribution in [0, 0.1) is 12.0 Å². The van der Waals surface area contributed by atoms with Crippen LogP contribution in [0.5, 0.6) is 0 Å². The molecule has 3 N–H and O–H groups in total. The van der Waals surface area contributed by atoms with Crippen molar-refractivity contribution in [2.24, 2.45) is 5.92 Å². The Kier molecular flexibility index (Phi) is 19.9. The average Bonchev–Trinajstić information content (AvgIpc) is 3.82. The van der Waals surface area contributed by atoms with Gasteiger partial charge >= 0.3 is 17.9 Å². The molecular weight excluding hydrogens is 997 g/mol. The van der Waals surface area contributed by atoms with E-state index in [2.05, 4.69) is 19.9 Å². The number of benzene rings is 9. The average molecular weight is 1060 g/mol. The number of carboxylic acid groups (broad SMARTS) is 3. The molecule has 7 heteroatoms. The third kappa shape index (κ3) is 11.9. The molecule has 6 nitrogen and oxygen atoms in total. The van der Waals surface area contributed by atoms with E-state index in [0.29, 0.717) is 5.92 Å². The summed E-state index contributed by atoms with van der Waals surface area (Å²) in [5, 5.41) is 30.6. The van der Waals surface area contributed by atoms with Gasteiger partial charge in [0.05, 0.1) is 0 Å². The molecule has 0 aromatic heterocycles. The van der Waals surface area contributed by atoms with E-state index < -0.39 is 34.2 Å². The summed E-state index contributed by atoms with van der Waals surface area (Å²) in [6.07, 6.45) is 8.95. The van der Waals surface area contributed by atoms with Crippen molar-refractivity contribution in [3.05, 3.63) is 346 Å². The number of hydrogen-bond donors (Lipinski definition) is 3. The van der Waals surface area contributed by atoms with Crippen molar-refractivity contribution in [2.45, 2.75) is 55.8 Å². The molecule has 0 radical (unpaired) electrons. The van der Waals surface area contributed by atoms with E-state index in [1.807, 2.05) is 273 Å². The second-order valence-corrected chi connectivity index (χ2v) is 19.2. The van der Waals surface area contributed by atoms with E-state index in [4.69, 9.17) is 0 Å². The molecule has 9 aromatic carbocycles. The second kappa shape index (κ2) is 27.1. The minimum absolute atomic E-state index is 0. The number of rotatable bonds is 12. The molecule has 11 rings (SSSR count). The zero-order valence-electron chi connectivity index (χ0n) is 44.0. The molecular formula is C71H63O6Ti-. The fourth-order valence-corrected chi connectivity index (χ4v) is 11.1. The van der Waals surface area contributed by atoms with Crippen molar-refractivity contribution in [1.29, 1.82) is 0 Å². The van der Waals surface area contributed by atoms with Crippen LogP contribution in [0.15, 0.2) is 290 Å². The predicted molar refractivity (Wildman–Crippen MR) is 308 cm³/mol. The molecule has 388 valence electrons. The number of carboxylic acids is 3. The molecule has 2 aliphatic carbocycles. The maximum atomic E-state index is 12.4. The van der Waals surface area contributed by atoms with Crippen LogP contribution in [0.1, 0.15) is 89.6 Å². The minimum atomic E-state index is -1.20. The van der Waals surface area contributed by atoms with Crippen LogP contribution in [0.4, 0.5) is 0 Å². The van der Waals surface area contributed by atoms with Gasteiger partial charge in [-0.3, -0.25) is 20.5 Å². The van der Waals surface area contributed by atoms with Gasteiger partial charge in [-0.05, 0) is 56.5 Å². The van der Waals surface area contributed by atoms with Crippen LogP contribution in [0.25, 0.3) is 0 Å². The fourth-order valence-electron chi connectivity index (χ4n) is 11.1. The molecule has 0 fully saturated rings. The predicted octanol–water partition coefficient (Wildman–Crippen LogP) is 15.6. The Morgan fingerprint density at radius 2 is 0.526 bits per heavy atom. The Bertz CT molecular complexity index is 2760. The molecule has 0 bridgehead atoms. The Labute approximate surface area is 474 Å². The van der Waals surface area contributed by atoms with Gasteiger partial charge in [-0.1, -0.05) is 312 Å². The Morgan fingerprint density at radius 3 is 0.692 bits per heavy atom. The van der Waals surface area contributed by atoms with Crippen LogP contribution in [-0.4, -0.2) is 33.2 Å². The smallest absolute Gasteiger partial charge is 0.323 e. The first kappa shape index (κ1) is 57.3. The molecule has 0 saturated heterocycles. The maximum Gasteiger partial charge on any atom is 0.323 e. The van der Waals surface area contributed by atoms with Gasteiger partial charge in [0.15, 0.2) is 0 Å². The molecule has 0 spiro atoms. The largest absolute Gasteiger partial charge is 0.480 e. The van der Waals surface area contributed by atoms with Gasteiger partial charge in [-0.15, -0.1) is 0 Å². The summed E-state index contributed by atoms with van der Waals surface area (Å²) in [5.74, 6) is -2.01. The van der Waals surface area contributed by atoms with Crippen molar-refractivity contribution in [2.75, 3.05) is 0 Å². The summed E-state index contributed by atoms with van der Waals surface area (Å²) in [6, 6.07) is 84.4. The van der Waals surface area contributed by atoms with Crippen molar-refractivity contribution >= 4 is 17.9 Å². The monoisotopic (exact) mass is 1060 g/mol. The summed E-state index contributed by atoms with van der Waals surface area (Å²) < 4.78 is 0. The van der Waals surface area contributed by atoms with Crippen LogP contribution in [0.3, 0.4) is 0 Å². The second-order valence-electron chi connectivity index (χ2n) is 19.2. The first-order valence-corrected chi connectivity index (χ1v) is 26.1. The SMILES string of the molecule is CC1=[C-]C(C)C2=C1CCCC2.O=C(O)C(c1ccccc1)(c1ccccc1)c1ccccc1.O=C(O)C(c1ccccc1)(c1ccccc1)c1ccccc1.O=C(O)C(c1ccccc1)(c1ccccc1)c1ccccc1.[Ti]. The number of carbonyl (C=O) groups is 3. The molecule has 0 saturated carbocycles. The van der Waals surface area contributed by atoms with Crippen molar-refractivity contribution in [1.82, 2.24) is 0 Å². The summed E-state index contributed by atoms with van der Waals surface area (Å²) in [4.78, 5) is 37.3. The molecule has 2 aliphatic rings. The van der Waals surface area contributed by atoms with Gasteiger partial charge in [-0.25, -0.2) is 5.57 Å². The van der Waals surface area contributed by atoms with Crippen LogP contribution in [-0.2, 0) is 52.3 Å². The topological polar surface area (TPSA) is 112 Å². The van der Waals surface area contributed by atoms with Crippen molar-refractivity contribution in [3.63, 3.8) is 0 Å². The standard InChI is InChI=1S/3C20H16O2.C11H15.Ti/c3*21-19(22)20(16-10-4-1-5-11-16,17-12-6-2-7-13-17)18-14-8-3-9-15-18;1-8-7-9(2)11-6-4-3-5-10(8)11;/h3*1-15H,(H,21,22);8H,3-6H2,1-2H3;/q;;;-1;. The quantitative estimate of drug-likeness (QED) is 0.0638. The molecule has 9 aromatic rings. The molecule has 0 aliphatic heterocycles. The van der Waals surface area contributed by atoms with E-state index in [1.54, 1.807) is 11.1 Å². The summed E-state index contributed by atoms with van der Waals surface area (Å²) in [7, 11) is 0. The van der Waals surface area contributed by atoms with Gasteiger partial charge in [0.25, 0.3) is 0 Å². The number of hydrogen-bond acceptors (Lipinski definition) is 3. The number of aliphatic carboxylic acids is 3. The van der Waals surface area contributed by atoms with Crippen LogP contribution < -0.4 is 0 Å². The zero-order valence-corrected chi connectivity index (χ0v) is 45.5. The summed E-state index contributed by atoms with van der Waals surface area (Å²) >= 11 is 0. The fraction of sp³-hybridized carbons (Fsp3) is 0.141. The molecule has 78 heavy (non-hydrogen) atoms. The Morgan fingerprint density at radius 1 is 0.346 bits per heavy atom. The Hall–Kier alpha value is -8.42. The molecule has 1 unspecified atom stereocenters. The van der Waals surface area contributed by atoms with Gasteiger partial charge < -0.3 is 15.3 Å². The van der Waals surface area contributed by atoms with E-state index in [-0.39, 0.29) is 21.7 Å². The van der Waals surface area contributed by atoms with Crippen LogP contribution >= 0.6 is 0 Å². The third-order valence-electron chi connectivity index (χ3n) is 14.7. The van der Waals surface area contributed by atoms with Gasteiger partial charge in [0, 0.05) is 21.7 Å². The van der Waals surface area contributed by atoms with Gasteiger partial charge in [0.1, 0.15) is 16.2 Å². The van der Waals surface area contributed by atoms with E-state index >= 15 is 0 Å². The zero-order chi connectivity index (χ0) is 54.1. The van der Waals surface area contributed by atoms with E-state index in [0.717, 1.165) is 50.1 Å². The molecule has 0 heterocycles. The first-order chi connectivity index (χ1) is 37.6. The summed E-state index contributed by atoms with van der Waals surface area (Å²) in [5.41, 5.74) is 7.90. The van der Waals surface area contributed by atoms with Crippen molar-refractivity contribution < 1.29 is 51.4 Å². The first-order valence-electron chi connectivity index (χ1n) is 26.1. The maximum absolute atomic E-state index is 12.4. The van der Waals surface area contributed by atoms with E-state index in [1.165, 1.54) is 31.3 Å². The third-order valence-corrected chi connectivity index (χ3v) is 14.7. The summed E-state index contributed by atoms with van der Waals surface area (Å²) in [6.45, 7) is 4.49. The van der Waals surface area contributed by atoms with Crippen molar-refractivity contribution in [3.8, 4) is 0 Å². The normalized spacial score (nSPS) is 13.7. The van der Waals surface area contributed by atoms with Gasteiger partial charge in [0.2, 0.25) is 0 Å². The molecule has 1 atom stereocenters.